The Morgan fingerprint density at radius 3 is 2.67 bits per heavy atom. The van der Waals surface area contributed by atoms with E-state index in [0.717, 1.165) is 17.2 Å². The molecule has 3 nitrogen and oxygen atoms in total. The lowest BCUT2D eigenvalue weighted by atomic mass is 10.2. The van der Waals surface area contributed by atoms with Gasteiger partial charge in [-0.05, 0) is 12.1 Å². The Hall–Kier alpha value is -1.19. The molecule has 2 aromatic rings. The first-order valence-electron chi connectivity index (χ1n) is 4.39. The monoisotopic (exact) mass is 241 g/mol. The molecule has 0 radical (unpaired) electrons. The molecule has 0 aliphatic carbocycles. The highest BCUT2D eigenvalue weighted by atomic mass is 35.5. The number of nitrogens with one attached hydrogen (secondary N) is 2. The summed E-state index contributed by atoms with van der Waals surface area (Å²) in [4.78, 5) is 7.22. The van der Waals surface area contributed by atoms with Crippen molar-refractivity contribution in [3.8, 4) is 11.3 Å². The second kappa shape index (κ2) is 4.13. The topological polar surface area (TPSA) is 40.7 Å². The van der Waals surface area contributed by atoms with E-state index in [1.165, 1.54) is 0 Å². The van der Waals surface area contributed by atoms with E-state index in [0.29, 0.717) is 10.0 Å². The molecule has 1 aromatic carbocycles. The van der Waals surface area contributed by atoms with Gasteiger partial charge in [-0.1, -0.05) is 29.3 Å². The average molecular weight is 242 g/mol. The Morgan fingerprint density at radius 1 is 1.27 bits per heavy atom. The molecule has 1 heterocycles. The van der Waals surface area contributed by atoms with Crippen LogP contribution in [0.1, 0.15) is 0 Å². The van der Waals surface area contributed by atoms with E-state index < -0.39 is 0 Å². The molecule has 0 saturated heterocycles. The first kappa shape index (κ1) is 10.3. The molecule has 0 saturated carbocycles. The molecule has 0 amide bonds. The summed E-state index contributed by atoms with van der Waals surface area (Å²) in [7, 11) is 1.80. The lowest BCUT2D eigenvalue weighted by Gasteiger charge is -2.00. The van der Waals surface area contributed by atoms with E-state index in [4.69, 9.17) is 23.2 Å². The summed E-state index contributed by atoms with van der Waals surface area (Å²) in [5.74, 6) is 0.719. The molecule has 0 bridgehead atoms. The maximum absolute atomic E-state index is 5.92. The number of H-pyrrole nitrogens is 1. The lowest BCUT2D eigenvalue weighted by molar-refractivity contribution is 1.26. The fraction of sp³-hybridized carbons (Fsp3) is 0.100. The van der Waals surface area contributed by atoms with Crippen LogP contribution in [0.15, 0.2) is 24.4 Å². The first-order chi connectivity index (χ1) is 7.20. The van der Waals surface area contributed by atoms with Crippen molar-refractivity contribution in [2.45, 2.75) is 0 Å². The van der Waals surface area contributed by atoms with Crippen LogP contribution in [0, 0.1) is 0 Å². The molecule has 15 heavy (non-hydrogen) atoms. The Balaban J connectivity index is 2.40. The van der Waals surface area contributed by atoms with E-state index in [1.54, 1.807) is 25.4 Å². The van der Waals surface area contributed by atoms with Crippen LogP contribution >= 0.6 is 23.2 Å². The van der Waals surface area contributed by atoms with Crippen LogP contribution in [0.4, 0.5) is 5.95 Å². The summed E-state index contributed by atoms with van der Waals surface area (Å²) in [6, 6.07) is 5.46. The van der Waals surface area contributed by atoms with E-state index >= 15 is 0 Å². The minimum Gasteiger partial charge on any atom is -0.359 e. The third kappa shape index (κ3) is 2.08. The number of anilines is 1. The van der Waals surface area contributed by atoms with Gasteiger partial charge in [-0.2, -0.15) is 0 Å². The van der Waals surface area contributed by atoms with Crippen LogP contribution in [0.25, 0.3) is 11.3 Å². The smallest absolute Gasteiger partial charge is 0.200 e. The zero-order valence-electron chi connectivity index (χ0n) is 8.01. The van der Waals surface area contributed by atoms with Crippen LogP contribution in [0.5, 0.6) is 0 Å². The average Bonchev–Trinajstić information content (AvgIpc) is 2.70. The van der Waals surface area contributed by atoms with Crippen molar-refractivity contribution in [3.05, 3.63) is 34.4 Å². The number of imidazole rings is 1. The van der Waals surface area contributed by atoms with Crippen LogP contribution in [-0.2, 0) is 0 Å². The van der Waals surface area contributed by atoms with Crippen molar-refractivity contribution in [3.63, 3.8) is 0 Å². The Bertz CT molecular complexity index is 479. The summed E-state index contributed by atoms with van der Waals surface area (Å²) < 4.78 is 0. The molecule has 0 aliphatic rings. The minimum atomic E-state index is 0.537. The van der Waals surface area contributed by atoms with Gasteiger partial charge < -0.3 is 10.3 Å². The Labute approximate surface area is 97.4 Å². The standard InChI is InChI=1S/C10H9Cl2N3/c1-13-10-14-5-9(15-10)6-2-3-7(11)8(12)4-6/h2-5H,1H3,(H2,13,14,15). The third-order valence-corrected chi connectivity index (χ3v) is 2.78. The van der Waals surface area contributed by atoms with Gasteiger partial charge in [0.1, 0.15) is 0 Å². The summed E-state index contributed by atoms with van der Waals surface area (Å²) in [6.07, 6.45) is 1.74. The number of rotatable bonds is 2. The number of hydrogen-bond donors (Lipinski definition) is 2. The van der Waals surface area contributed by atoms with E-state index in [-0.39, 0.29) is 0 Å². The summed E-state index contributed by atoms with van der Waals surface area (Å²) in [5, 5.41) is 4.00. The van der Waals surface area contributed by atoms with Crippen molar-refractivity contribution in [2.75, 3.05) is 12.4 Å². The fourth-order valence-electron chi connectivity index (χ4n) is 1.26. The largest absolute Gasteiger partial charge is 0.359 e. The molecular weight excluding hydrogens is 233 g/mol. The van der Waals surface area contributed by atoms with E-state index in [9.17, 15) is 0 Å². The molecule has 5 heteroatoms. The highest BCUT2D eigenvalue weighted by Gasteiger charge is 2.04. The summed E-state index contributed by atoms with van der Waals surface area (Å²) >= 11 is 11.8. The van der Waals surface area contributed by atoms with Crippen LogP contribution in [0.2, 0.25) is 10.0 Å². The zero-order valence-corrected chi connectivity index (χ0v) is 9.52. The summed E-state index contributed by atoms with van der Waals surface area (Å²) in [5.41, 5.74) is 1.86. The van der Waals surface area contributed by atoms with Gasteiger partial charge in [-0.15, -0.1) is 0 Å². The molecular formula is C10H9Cl2N3. The fourth-order valence-corrected chi connectivity index (χ4v) is 1.56. The molecule has 2 N–H and O–H groups in total. The van der Waals surface area contributed by atoms with E-state index in [2.05, 4.69) is 15.3 Å². The summed E-state index contributed by atoms with van der Waals surface area (Å²) in [6.45, 7) is 0. The first-order valence-corrected chi connectivity index (χ1v) is 5.14. The number of benzene rings is 1. The van der Waals surface area contributed by atoms with E-state index in [1.807, 2.05) is 6.07 Å². The quantitative estimate of drug-likeness (QED) is 0.846. The van der Waals surface area contributed by atoms with Crippen LogP contribution in [-0.4, -0.2) is 17.0 Å². The third-order valence-electron chi connectivity index (χ3n) is 2.04. The maximum Gasteiger partial charge on any atom is 0.200 e. The second-order valence-corrected chi connectivity index (χ2v) is 3.84. The molecule has 78 valence electrons. The lowest BCUT2D eigenvalue weighted by Crippen LogP contribution is -1.89. The highest BCUT2D eigenvalue weighted by Crippen LogP contribution is 2.27. The SMILES string of the molecule is CNc1ncc(-c2ccc(Cl)c(Cl)c2)[nH]1. The number of aromatic nitrogens is 2. The van der Waals surface area contributed by atoms with Crippen LogP contribution < -0.4 is 5.32 Å². The maximum atomic E-state index is 5.92. The van der Waals surface area contributed by atoms with Gasteiger partial charge in [0, 0.05) is 12.6 Å². The van der Waals surface area contributed by atoms with Crippen LogP contribution in [0.3, 0.4) is 0 Å². The van der Waals surface area contributed by atoms with Gasteiger partial charge in [-0.25, -0.2) is 4.98 Å². The van der Waals surface area contributed by atoms with Gasteiger partial charge in [0.05, 0.1) is 21.9 Å². The number of nitrogens with zero attached hydrogens (tertiary/aromatic N) is 1. The second-order valence-electron chi connectivity index (χ2n) is 3.02. The van der Waals surface area contributed by atoms with Gasteiger partial charge in [-0.3, -0.25) is 0 Å². The van der Waals surface area contributed by atoms with Crippen molar-refractivity contribution in [1.82, 2.24) is 9.97 Å². The highest BCUT2D eigenvalue weighted by molar-refractivity contribution is 6.42. The predicted molar refractivity (Wildman–Crippen MR) is 63.6 cm³/mol. The van der Waals surface area contributed by atoms with Crippen molar-refractivity contribution in [1.29, 1.82) is 0 Å². The molecule has 0 atom stereocenters. The van der Waals surface area contributed by atoms with Crippen molar-refractivity contribution in [2.24, 2.45) is 0 Å². The number of hydrogen-bond acceptors (Lipinski definition) is 2. The predicted octanol–water partition coefficient (Wildman–Crippen LogP) is 3.43. The van der Waals surface area contributed by atoms with Gasteiger partial charge >= 0.3 is 0 Å². The van der Waals surface area contributed by atoms with Gasteiger partial charge in [0.15, 0.2) is 5.95 Å². The van der Waals surface area contributed by atoms with Gasteiger partial charge in [0.25, 0.3) is 0 Å². The minimum absolute atomic E-state index is 0.537. The molecule has 0 spiro atoms. The molecule has 0 unspecified atom stereocenters. The molecule has 1 aromatic heterocycles. The number of aromatic amines is 1. The normalized spacial score (nSPS) is 10.3. The molecule has 0 fully saturated rings. The Morgan fingerprint density at radius 2 is 2.07 bits per heavy atom. The van der Waals surface area contributed by atoms with Crippen molar-refractivity contribution < 1.29 is 0 Å². The number of halogens is 2. The molecule has 0 aliphatic heterocycles. The Kier molecular flexibility index (Phi) is 2.84. The van der Waals surface area contributed by atoms with Gasteiger partial charge in [0.2, 0.25) is 0 Å². The zero-order chi connectivity index (χ0) is 10.8. The van der Waals surface area contributed by atoms with Crippen molar-refractivity contribution >= 4 is 29.2 Å². The molecule has 2 rings (SSSR count).